The zero-order valence-electron chi connectivity index (χ0n) is 10.8. The molecular formula is C12H25BrN2O. The molecule has 1 rings (SSSR count). The molecule has 0 amide bonds. The maximum atomic E-state index is 5.84. The summed E-state index contributed by atoms with van der Waals surface area (Å²) in [5.74, 6) is 0. The third-order valence-corrected chi connectivity index (χ3v) is 3.56. The van der Waals surface area contributed by atoms with Crippen LogP contribution >= 0.6 is 15.9 Å². The molecule has 0 spiro atoms. The van der Waals surface area contributed by atoms with Crippen LogP contribution < -0.4 is 0 Å². The van der Waals surface area contributed by atoms with Crippen molar-refractivity contribution in [2.24, 2.45) is 0 Å². The lowest BCUT2D eigenvalue weighted by molar-refractivity contribution is -0.0509. The fourth-order valence-electron chi connectivity index (χ4n) is 2.11. The van der Waals surface area contributed by atoms with Crippen molar-refractivity contribution in [2.75, 3.05) is 44.7 Å². The lowest BCUT2D eigenvalue weighted by Gasteiger charge is -2.37. The molecule has 0 saturated carbocycles. The van der Waals surface area contributed by atoms with Gasteiger partial charge in [-0.25, -0.2) is 0 Å². The van der Waals surface area contributed by atoms with Crippen LogP contribution in [0.15, 0.2) is 0 Å². The van der Waals surface area contributed by atoms with E-state index in [1.807, 2.05) is 0 Å². The molecule has 1 aliphatic heterocycles. The second kappa shape index (κ2) is 7.64. The molecule has 16 heavy (non-hydrogen) atoms. The first kappa shape index (κ1) is 14.4. The van der Waals surface area contributed by atoms with E-state index in [1.54, 1.807) is 0 Å². The topological polar surface area (TPSA) is 15.7 Å². The zero-order chi connectivity index (χ0) is 12.0. The zero-order valence-corrected chi connectivity index (χ0v) is 12.4. The summed E-state index contributed by atoms with van der Waals surface area (Å²) in [6.07, 6.45) is 0.384. The Hall–Kier alpha value is 0.360. The summed E-state index contributed by atoms with van der Waals surface area (Å²) < 4.78 is 5.84. The fourth-order valence-corrected chi connectivity index (χ4v) is 2.61. The summed E-state index contributed by atoms with van der Waals surface area (Å²) in [6.45, 7) is 13.1. The lowest BCUT2D eigenvalue weighted by atomic mass is 10.2. The number of ether oxygens (including phenoxy) is 1. The normalized spacial score (nSPS) is 23.2. The summed E-state index contributed by atoms with van der Waals surface area (Å²) >= 11 is 3.50. The molecule has 0 bridgehead atoms. The van der Waals surface area contributed by atoms with Crippen molar-refractivity contribution in [1.29, 1.82) is 0 Å². The van der Waals surface area contributed by atoms with E-state index in [0.717, 1.165) is 44.7 Å². The summed E-state index contributed by atoms with van der Waals surface area (Å²) in [4.78, 5) is 4.96. The highest BCUT2D eigenvalue weighted by molar-refractivity contribution is 9.09. The van der Waals surface area contributed by atoms with Crippen LogP contribution in [0.3, 0.4) is 0 Å². The molecule has 4 heteroatoms. The number of nitrogens with zero attached hydrogens (tertiary/aromatic N) is 2. The minimum Gasteiger partial charge on any atom is -0.374 e. The van der Waals surface area contributed by atoms with Crippen molar-refractivity contribution in [3.05, 3.63) is 0 Å². The molecule has 0 N–H and O–H groups in total. The first-order chi connectivity index (χ1) is 7.67. The van der Waals surface area contributed by atoms with Gasteiger partial charge in [0.25, 0.3) is 0 Å². The minimum atomic E-state index is 0.384. The first-order valence-corrected chi connectivity index (χ1v) is 7.43. The smallest absolute Gasteiger partial charge is 0.0829 e. The number of morpholine rings is 1. The van der Waals surface area contributed by atoms with Gasteiger partial charge in [0.05, 0.1) is 12.7 Å². The number of hydrogen-bond donors (Lipinski definition) is 0. The molecular weight excluding hydrogens is 268 g/mol. The summed E-state index contributed by atoms with van der Waals surface area (Å²) in [5, 5.41) is 1.04. The number of halogens is 1. The van der Waals surface area contributed by atoms with E-state index in [-0.39, 0.29) is 0 Å². The number of alkyl halides is 1. The third kappa shape index (κ3) is 4.70. The Balaban J connectivity index is 2.35. The lowest BCUT2D eigenvalue weighted by Crippen LogP contribution is -2.50. The van der Waals surface area contributed by atoms with E-state index in [4.69, 9.17) is 4.74 Å². The highest BCUT2D eigenvalue weighted by Gasteiger charge is 2.23. The molecule has 0 radical (unpaired) electrons. The van der Waals surface area contributed by atoms with E-state index in [1.165, 1.54) is 0 Å². The van der Waals surface area contributed by atoms with Crippen LogP contribution in [-0.4, -0.2) is 66.6 Å². The van der Waals surface area contributed by atoms with Gasteiger partial charge in [-0.2, -0.15) is 0 Å². The fraction of sp³-hybridized carbons (Fsp3) is 1.00. The Morgan fingerprint density at radius 2 is 2.25 bits per heavy atom. The van der Waals surface area contributed by atoms with Gasteiger partial charge in [-0.05, 0) is 20.4 Å². The van der Waals surface area contributed by atoms with Gasteiger partial charge in [-0.3, -0.25) is 4.90 Å². The summed E-state index contributed by atoms with van der Waals surface area (Å²) in [6, 6.07) is 0.637. The van der Waals surface area contributed by atoms with Gasteiger partial charge >= 0.3 is 0 Å². The molecule has 1 saturated heterocycles. The molecule has 3 nitrogen and oxygen atoms in total. The van der Waals surface area contributed by atoms with E-state index in [9.17, 15) is 0 Å². The van der Waals surface area contributed by atoms with Crippen molar-refractivity contribution >= 4 is 15.9 Å². The second-order valence-electron chi connectivity index (χ2n) is 4.66. The van der Waals surface area contributed by atoms with Crippen LogP contribution in [-0.2, 0) is 4.74 Å². The SMILES string of the molecule is CCN(CCBr)CC1CN(C(C)C)CCO1. The van der Waals surface area contributed by atoms with E-state index < -0.39 is 0 Å². The third-order valence-electron chi connectivity index (χ3n) is 3.21. The Morgan fingerprint density at radius 1 is 1.50 bits per heavy atom. The van der Waals surface area contributed by atoms with Crippen LogP contribution in [0.4, 0.5) is 0 Å². The highest BCUT2D eigenvalue weighted by atomic mass is 79.9. The largest absolute Gasteiger partial charge is 0.374 e. The number of likely N-dealkylation sites (N-methyl/N-ethyl adjacent to an activating group) is 1. The van der Waals surface area contributed by atoms with Gasteiger partial charge < -0.3 is 9.64 Å². The average molecular weight is 293 g/mol. The predicted octanol–water partition coefficient (Wildman–Crippen LogP) is 1.81. The van der Waals surface area contributed by atoms with Crippen LogP contribution in [0.1, 0.15) is 20.8 Å². The highest BCUT2D eigenvalue weighted by Crippen LogP contribution is 2.10. The quantitative estimate of drug-likeness (QED) is 0.695. The van der Waals surface area contributed by atoms with Crippen LogP contribution in [0.25, 0.3) is 0 Å². The maximum Gasteiger partial charge on any atom is 0.0829 e. The maximum absolute atomic E-state index is 5.84. The van der Waals surface area contributed by atoms with Crippen molar-refractivity contribution in [1.82, 2.24) is 9.80 Å². The molecule has 1 fully saturated rings. The molecule has 0 aliphatic carbocycles. The van der Waals surface area contributed by atoms with Crippen molar-refractivity contribution in [3.8, 4) is 0 Å². The number of rotatable bonds is 6. The minimum absolute atomic E-state index is 0.384. The number of hydrogen-bond acceptors (Lipinski definition) is 3. The molecule has 0 aromatic rings. The standard InChI is InChI=1S/C12H25BrN2O/c1-4-14(6-5-13)9-12-10-15(11(2)3)7-8-16-12/h11-12H,4-10H2,1-3H3. The monoisotopic (exact) mass is 292 g/mol. The molecule has 0 aromatic carbocycles. The Morgan fingerprint density at radius 3 is 2.81 bits per heavy atom. The van der Waals surface area contributed by atoms with Crippen molar-refractivity contribution < 1.29 is 4.74 Å². The Kier molecular flexibility index (Phi) is 6.89. The summed E-state index contributed by atoms with van der Waals surface area (Å²) in [7, 11) is 0. The Labute approximate surface area is 108 Å². The molecule has 1 unspecified atom stereocenters. The molecule has 1 atom stereocenters. The van der Waals surface area contributed by atoms with E-state index in [2.05, 4.69) is 46.5 Å². The van der Waals surface area contributed by atoms with Gasteiger partial charge in [-0.1, -0.05) is 22.9 Å². The molecule has 1 heterocycles. The average Bonchev–Trinajstić information content (AvgIpc) is 2.29. The second-order valence-corrected chi connectivity index (χ2v) is 5.46. The molecule has 96 valence electrons. The van der Waals surface area contributed by atoms with Gasteiger partial charge in [0.1, 0.15) is 0 Å². The Bertz CT molecular complexity index is 190. The van der Waals surface area contributed by atoms with Gasteiger partial charge in [-0.15, -0.1) is 0 Å². The molecule has 1 aliphatic rings. The van der Waals surface area contributed by atoms with Gasteiger partial charge in [0.2, 0.25) is 0 Å². The van der Waals surface area contributed by atoms with Crippen LogP contribution in [0.5, 0.6) is 0 Å². The van der Waals surface area contributed by atoms with Crippen molar-refractivity contribution in [3.63, 3.8) is 0 Å². The van der Waals surface area contributed by atoms with Gasteiger partial charge in [0.15, 0.2) is 0 Å². The first-order valence-electron chi connectivity index (χ1n) is 6.31. The summed E-state index contributed by atoms with van der Waals surface area (Å²) in [5.41, 5.74) is 0. The predicted molar refractivity (Wildman–Crippen MR) is 72.4 cm³/mol. The van der Waals surface area contributed by atoms with Crippen LogP contribution in [0.2, 0.25) is 0 Å². The molecule has 0 aromatic heterocycles. The van der Waals surface area contributed by atoms with Gasteiger partial charge in [0, 0.05) is 37.6 Å². The van der Waals surface area contributed by atoms with E-state index in [0.29, 0.717) is 12.1 Å². The van der Waals surface area contributed by atoms with Crippen LogP contribution in [0, 0.1) is 0 Å². The van der Waals surface area contributed by atoms with Crippen molar-refractivity contribution in [2.45, 2.75) is 32.9 Å². The van der Waals surface area contributed by atoms with E-state index >= 15 is 0 Å².